The third-order valence-electron chi connectivity index (χ3n) is 4.16. The van der Waals surface area contributed by atoms with Crippen molar-refractivity contribution in [3.63, 3.8) is 0 Å². The molecule has 0 aromatic heterocycles. The maximum Gasteiger partial charge on any atom is 0.142 e. The number of ether oxygens (including phenoxy) is 1. The van der Waals surface area contributed by atoms with Crippen LogP contribution in [0.5, 0.6) is 5.75 Å². The fourth-order valence-electron chi connectivity index (χ4n) is 2.98. The van der Waals surface area contributed by atoms with Crippen LogP contribution in [0.4, 0.5) is 5.69 Å². The summed E-state index contributed by atoms with van der Waals surface area (Å²) in [6.45, 7) is 6.30. The zero-order valence-corrected chi connectivity index (χ0v) is 13.7. The van der Waals surface area contributed by atoms with Crippen molar-refractivity contribution < 1.29 is 4.74 Å². The first-order valence-corrected chi connectivity index (χ1v) is 7.96. The monoisotopic (exact) mass is 307 g/mol. The van der Waals surface area contributed by atoms with Gasteiger partial charge in [-0.3, -0.25) is 4.90 Å². The third-order valence-corrected chi connectivity index (χ3v) is 4.33. The molecule has 4 nitrogen and oxygen atoms in total. The Kier molecular flexibility index (Phi) is 5.82. The highest BCUT2D eigenvalue weighted by Gasteiger charge is 2.24. The van der Waals surface area contributed by atoms with Gasteiger partial charge in [0.2, 0.25) is 0 Å². The predicted octanol–water partition coefficient (Wildman–Crippen LogP) is 2.27. The van der Waals surface area contributed by atoms with Gasteiger partial charge >= 0.3 is 0 Å². The third kappa shape index (κ3) is 4.08. The lowest BCUT2D eigenvalue weighted by Crippen LogP contribution is -2.51. The summed E-state index contributed by atoms with van der Waals surface area (Å²) in [5, 5.41) is 0. The number of hydrogen-bond acceptors (Lipinski definition) is 4. The summed E-state index contributed by atoms with van der Waals surface area (Å²) in [4.78, 5) is 5.52. The molecule has 1 aromatic rings. The zero-order chi connectivity index (χ0) is 15.2. The number of benzene rings is 1. The van der Waals surface area contributed by atoms with Crippen molar-refractivity contribution in [2.45, 2.75) is 25.8 Å². The molecule has 2 N–H and O–H groups in total. The molecule has 0 saturated carbocycles. The van der Waals surface area contributed by atoms with E-state index in [2.05, 4.69) is 28.9 Å². The molecule has 1 atom stereocenters. The Balaban J connectivity index is 1.98. The Morgan fingerprint density at radius 1 is 1.29 bits per heavy atom. The second-order valence-corrected chi connectivity index (χ2v) is 5.95. The molecule has 0 aliphatic carbocycles. The maximum absolute atomic E-state index is 5.71. The molecular weight excluding hydrogens is 282 g/mol. The molecule has 1 fully saturated rings. The van der Waals surface area contributed by atoms with E-state index in [4.69, 9.17) is 22.7 Å². The van der Waals surface area contributed by atoms with E-state index < -0.39 is 0 Å². The Hall–Kier alpha value is -1.33. The second kappa shape index (κ2) is 7.61. The number of para-hydroxylation sites is 2. The van der Waals surface area contributed by atoms with Crippen LogP contribution in [0.1, 0.15) is 19.8 Å². The maximum atomic E-state index is 5.71. The van der Waals surface area contributed by atoms with Crippen LogP contribution in [0.3, 0.4) is 0 Å². The lowest BCUT2D eigenvalue weighted by molar-refractivity contribution is 0.184. The minimum Gasteiger partial charge on any atom is -0.495 e. The molecule has 0 spiro atoms. The van der Waals surface area contributed by atoms with Crippen LogP contribution in [0.2, 0.25) is 0 Å². The summed E-state index contributed by atoms with van der Waals surface area (Å²) >= 11 is 5.06. The number of hydrogen-bond donors (Lipinski definition) is 1. The van der Waals surface area contributed by atoms with E-state index in [1.807, 2.05) is 12.1 Å². The fourth-order valence-corrected chi connectivity index (χ4v) is 3.18. The Bertz CT molecular complexity index is 472. The Morgan fingerprint density at radius 3 is 2.52 bits per heavy atom. The van der Waals surface area contributed by atoms with Gasteiger partial charge in [0.1, 0.15) is 5.75 Å². The zero-order valence-electron chi connectivity index (χ0n) is 12.9. The molecule has 1 aliphatic rings. The van der Waals surface area contributed by atoms with Crippen molar-refractivity contribution in [1.29, 1.82) is 0 Å². The number of nitrogens with zero attached hydrogens (tertiary/aromatic N) is 2. The lowest BCUT2D eigenvalue weighted by atomic mass is 10.1. The molecule has 2 rings (SSSR count). The molecule has 0 radical (unpaired) electrons. The van der Waals surface area contributed by atoms with Crippen LogP contribution in [0.25, 0.3) is 0 Å². The van der Waals surface area contributed by atoms with E-state index in [1.165, 1.54) is 5.69 Å². The first-order valence-electron chi connectivity index (χ1n) is 7.56. The van der Waals surface area contributed by atoms with Crippen LogP contribution < -0.4 is 15.4 Å². The van der Waals surface area contributed by atoms with E-state index in [0.29, 0.717) is 11.0 Å². The highest BCUT2D eigenvalue weighted by molar-refractivity contribution is 7.80. The standard InChI is InChI=1S/C16H25N3OS/c1-3-13(12-16(17)21)18-8-10-19(11-9-18)14-6-4-5-7-15(14)20-2/h4-7,13H,3,8-12H2,1-2H3,(H2,17,21). The Morgan fingerprint density at radius 2 is 1.95 bits per heavy atom. The molecule has 116 valence electrons. The summed E-state index contributed by atoms with van der Waals surface area (Å²) in [7, 11) is 1.73. The highest BCUT2D eigenvalue weighted by Crippen LogP contribution is 2.28. The highest BCUT2D eigenvalue weighted by atomic mass is 32.1. The van der Waals surface area contributed by atoms with Gasteiger partial charge in [-0.15, -0.1) is 0 Å². The van der Waals surface area contributed by atoms with Crippen LogP contribution in [-0.4, -0.2) is 49.2 Å². The minimum atomic E-state index is 0.474. The molecule has 1 saturated heterocycles. The minimum absolute atomic E-state index is 0.474. The normalized spacial score (nSPS) is 17.5. The van der Waals surface area contributed by atoms with Crippen LogP contribution in [0, 0.1) is 0 Å². The van der Waals surface area contributed by atoms with Crippen molar-refractivity contribution in [2.24, 2.45) is 5.73 Å². The molecule has 0 bridgehead atoms. The van der Waals surface area contributed by atoms with Gasteiger partial charge in [-0.1, -0.05) is 31.3 Å². The van der Waals surface area contributed by atoms with E-state index in [-0.39, 0.29) is 0 Å². The van der Waals surface area contributed by atoms with Crippen LogP contribution >= 0.6 is 12.2 Å². The van der Waals surface area contributed by atoms with Crippen LogP contribution in [-0.2, 0) is 0 Å². The molecule has 1 unspecified atom stereocenters. The van der Waals surface area contributed by atoms with Gasteiger partial charge < -0.3 is 15.4 Å². The van der Waals surface area contributed by atoms with Gasteiger partial charge in [-0.05, 0) is 18.6 Å². The molecule has 5 heteroatoms. The van der Waals surface area contributed by atoms with E-state index in [1.54, 1.807) is 7.11 Å². The van der Waals surface area contributed by atoms with Gasteiger partial charge in [0.15, 0.2) is 0 Å². The first-order chi connectivity index (χ1) is 10.2. The van der Waals surface area contributed by atoms with Crippen molar-refractivity contribution in [3.8, 4) is 5.75 Å². The van der Waals surface area contributed by atoms with Gasteiger partial charge in [0, 0.05) is 38.6 Å². The molecule has 1 aliphatic heterocycles. The fraction of sp³-hybridized carbons (Fsp3) is 0.562. The van der Waals surface area contributed by atoms with Gasteiger partial charge in [0.05, 0.1) is 17.8 Å². The van der Waals surface area contributed by atoms with E-state index in [0.717, 1.165) is 44.8 Å². The van der Waals surface area contributed by atoms with Crippen molar-refractivity contribution in [2.75, 3.05) is 38.2 Å². The average Bonchev–Trinajstić information content (AvgIpc) is 2.52. The van der Waals surface area contributed by atoms with Crippen molar-refractivity contribution in [1.82, 2.24) is 4.90 Å². The molecule has 1 aromatic carbocycles. The predicted molar refractivity (Wildman–Crippen MR) is 92.3 cm³/mol. The molecule has 21 heavy (non-hydrogen) atoms. The number of methoxy groups -OCH3 is 1. The van der Waals surface area contributed by atoms with Crippen molar-refractivity contribution in [3.05, 3.63) is 24.3 Å². The number of rotatable bonds is 6. The van der Waals surface area contributed by atoms with Gasteiger partial charge in [0.25, 0.3) is 0 Å². The number of piperazine rings is 1. The second-order valence-electron chi connectivity index (χ2n) is 5.43. The van der Waals surface area contributed by atoms with E-state index in [9.17, 15) is 0 Å². The summed E-state index contributed by atoms with van der Waals surface area (Å²) in [5.74, 6) is 0.945. The summed E-state index contributed by atoms with van der Waals surface area (Å²) in [6.07, 6.45) is 1.91. The van der Waals surface area contributed by atoms with Gasteiger partial charge in [-0.2, -0.15) is 0 Å². The lowest BCUT2D eigenvalue weighted by Gasteiger charge is -2.40. The topological polar surface area (TPSA) is 41.7 Å². The SMILES string of the molecule is CCC(CC(N)=S)N1CCN(c2ccccc2OC)CC1. The number of thiocarbonyl (C=S) groups is 1. The molecule has 1 heterocycles. The van der Waals surface area contributed by atoms with Gasteiger partial charge in [-0.25, -0.2) is 0 Å². The smallest absolute Gasteiger partial charge is 0.142 e. The Labute approximate surface area is 132 Å². The molecular formula is C16H25N3OS. The summed E-state index contributed by atoms with van der Waals surface area (Å²) < 4.78 is 5.46. The van der Waals surface area contributed by atoms with Crippen molar-refractivity contribution >= 4 is 22.9 Å². The average molecular weight is 307 g/mol. The first kappa shape index (κ1) is 16.0. The summed E-state index contributed by atoms with van der Waals surface area (Å²) in [5.41, 5.74) is 6.89. The van der Waals surface area contributed by atoms with Crippen LogP contribution in [0.15, 0.2) is 24.3 Å². The largest absolute Gasteiger partial charge is 0.495 e. The number of anilines is 1. The number of nitrogens with two attached hydrogens (primary N) is 1. The quantitative estimate of drug-likeness (QED) is 0.817. The molecule has 0 amide bonds. The van der Waals surface area contributed by atoms with E-state index >= 15 is 0 Å². The summed E-state index contributed by atoms with van der Waals surface area (Å²) in [6, 6.07) is 8.69.